The molecule has 1 aromatic carbocycles. The van der Waals surface area contributed by atoms with Crippen molar-refractivity contribution in [2.24, 2.45) is 5.92 Å². The van der Waals surface area contributed by atoms with E-state index in [1.165, 1.54) is 12.8 Å². The lowest BCUT2D eigenvalue weighted by atomic mass is 10.1. The summed E-state index contributed by atoms with van der Waals surface area (Å²) in [6, 6.07) is 6.27. The molecule has 2 rings (SSSR count). The van der Waals surface area contributed by atoms with Gasteiger partial charge in [-0.3, -0.25) is 0 Å². The molecule has 0 aromatic heterocycles. The molecular formula is C12H15Cl2N. The fourth-order valence-corrected chi connectivity index (χ4v) is 2.22. The fourth-order valence-electron chi connectivity index (χ4n) is 1.87. The predicted molar refractivity (Wildman–Crippen MR) is 66.9 cm³/mol. The van der Waals surface area contributed by atoms with Crippen LogP contribution in [0.15, 0.2) is 18.2 Å². The van der Waals surface area contributed by atoms with Gasteiger partial charge in [-0.15, -0.1) is 0 Å². The van der Waals surface area contributed by atoms with Gasteiger partial charge in [0.15, 0.2) is 0 Å². The van der Waals surface area contributed by atoms with Crippen molar-refractivity contribution in [1.82, 2.24) is 0 Å². The van der Waals surface area contributed by atoms with Gasteiger partial charge >= 0.3 is 0 Å². The summed E-state index contributed by atoms with van der Waals surface area (Å²) in [5, 5.41) is 4.74. The lowest BCUT2D eigenvalue weighted by Crippen LogP contribution is -2.20. The molecule has 1 unspecified atom stereocenters. The fraction of sp³-hybridized carbons (Fsp3) is 0.500. The van der Waals surface area contributed by atoms with Crippen LogP contribution in [-0.4, -0.2) is 6.04 Å². The summed E-state index contributed by atoms with van der Waals surface area (Å²) in [6.45, 7) is 2.20. The van der Waals surface area contributed by atoms with Gasteiger partial charge in [0.2, 0.25) is 0 Å². The van der Waals surface area contributed by atoms with Crippen LogP contribution in [0.2, 0.25) is 10.0 Å². The van der Waals surface area contributed by atoms with Crippen molar-refractivity contribution in [3.8, 4) is 0 Å². The number of benzene rings is 1. The van der Waals surface area contributed by atoms with Gasteiger partial charge < -0.3 is 5.32 Å². The summed E-state index contributed by atoms with van der Waals surface area (Å²) in [4.78, 5) is 0. The molecule has 3 heteroatoms. The monoisotopic (exact) mass is 243 g/mol. The number of nitrogens with one attached hydrogen (secondary N) is 1. The van der Waals surface area contributed by atoms with Crippen LogP contribution in [0, 0.1) is 5.92 Å². The molecule has 1 N–H and O–H groups in total. The molecule has 0 aliphatic heterocycles. The maximum absolute atomic E-state index is 6.12. The quantitative estimate of drug-likeness (QED) is 0.816. The number of rotatable bonds is 4. The van der Waals surface area contributed by atoms with E-state index in [1.807, 2.05) is 18.2 Å². The van der Waals surface area contributed by atoms with Gasteiger partial charge in [0.05, 0.1) is 15.7 Å². The van der Waals surface area contributed by atoms with Crippen molar-refractivity contribution >= 4 is 28.9 Å². The lowest BCUT2D eigenvalue weighted by Gasteiger charge is -2.18. The highest BCUT2D eigenvalue weighted by Crippen LogP contribution is 2.37. The Bertz CT molecular complexity index is 347. The third-order valence-electron chi connectivity index (χ3n) is 2.92. The Kier molecular flexibility index (Phi) is 3.42. The first-order valence-corrected chi connectivity index (χ1v) is 6.18. The Morgan fingerprint density at radius 1 is 1.40 bits per heavy atom. The number of halogens is 2. The van der Waals surface area contributed by atoms with Crippen molar-refractivity contribution in [3.63, 3.8) is 0 Å². The van der Waals surface area contributed by atoms with Crippen LogP contribution in [0.25, 0.3) is 0 Å². The normalized spacial score (nSPS) is 17.5. The second kappa shape index (κ2) is 4.63. The van der Waals surface area contributed by atoms with Crippen molar-refractivity contribution in [3.05, 3.63) is 28.2 Å². The van der Waals surface area contributed by atoms with Crippen LogP contribution < -0.4 is 5.32 Å². The molecule has 15 heavy (non-hydrogen) atoms. The van der Waals surface area contributed by atoms with Gasteiger partial charge in [0, 0.05) is 6.04 Å². The van der Waals surface area contributed by atoms with Crippen molar-refractivity contribution in [1.29, 1.82) is 0 Å². The van der Waals surface area contributed by atoms with Crippen LogP contribution >= 0.6 is 23.2 Å². The standard InChI is InChI=1S/C12H15Cl2N/c1-2-10(8-6-7-8)15-11-5-3-4-9(13)12(11)14/h3-5,8,10,15H,2,6-7H2,1H3. The van der Waals surface area contributed by atoms with Crippen LogP contribution in [0.4, 0.5) is 5.69 Å². The molecule has 1 aliphatic rings. The summed E-state index contributed by atoms with van der Waals surface area (Å²) < 4.78 is 0. The molecule has 0 saturated heterocycles. The number of anilines is 1. The Hall–Kier alpha value is -0.400. The van der Waals surface area contributed by atoms with E-state index in [0.29, 0.717) is 16.1 Å². The minimum atomic E-state index is 0.543. The van der Waals surface area contributed by atoms with E-state index in [1.54, 1.807) is 0 Å². The lowest BCUT2D eigenvalue weighted by molar-refractivity contribution is 0.616. The first-order chi connectivity index (χ1) is 7.22. The number of hydrogen-bond donors (Lipinski definition) is 1. The summed E-state index contributed by atoms with van der Waals surface area (Å²) in [5.41, 5.74) is 0.961. The van der Waals surface area contributed by atoms with Gasteiger partial charge in [0.25, 0.3) is 0 Å². The van der Waals surface area contributed by atoms with Crippen LogP contribution in [0.5, 0.6) is 0 Å². The molecule has 0 amide bonds. The van der Waals surface area contributed by atoms with E-state index in [-0.39, 0.29) is 0 Å². The zero-order valence-corrected chi connectivity index (χ0v) is 10.3. The summed E-state index contributed by atoms with van der Waals surface area (Å²) in [5.74, 6) is 0.824. The Morgan fingerprint density at radius 3 is 2.73 bits per heavy atom. The molecule has 1 nitrogen and oxygen atoms in total. The smallest absolute Gasteiger partial charge is 0.0823 e. The number of hydrogen-bond acceptors (Lipinski definition) is 1. The highest BCUT2D eigenvalue weighted by Gasteiger charge is 2.30. The molecule has 0 radical (unpaired) electrons. The molecule has 1 aliphatic carbocycles. The van der Waals surface area contributed by atoms with Gasteiger partial charge in [-0.25, -0.2) is 0 Å². The topological polar surface area (TPSA) is 12.0 Å². The summed E-state index contributed by atoms with van der Waals surface area (Å²) in [6.07, 6.45) is 3.81. The first-order valence-electron chi connectivity index (χ1n) is 5.43. The zero-order chi connectivity index (χ0) is 10.8. The predicted octanol–water partition coefficient (Wildman–Crippen LogP) is 4.59. The van der Waals surface area contributed by atoms with E-state index in [4.69, 9.17) is 23.2 Å². The van der Waals surface area contributed by atoms with Gasteiger partial charge in [-0.05, 0) is 37.3 Å². The maximum atomic E-state index is 6.12. The van der Waals surface area contributed by atoms with Gasteiger partial charge in [0.1, 0.15) is 0 Å². The Labute approximate surface area is 101 Å². The zero-order valence-electron chi connectivity index (χ0n) is 8.76. The van der Waals surface area contributed by atoms with E-state index >= 15 is 0 Å². The summed E-state index contributed by atoms with van der Waals surface area (Å²) >= 11 is 12.1. The second-order valence-electron chi connectivity index (χ2n) is 4.10. The van der Waals surface area contributed by atoms with E-state index in [0.717, 1.165) is 18.0 Å². The maximum Gasteiger partial charge on any atom is 0.0823 e. The third-order valence-corrected chi connectivity index (χ3v) is 3.74. The minimum absolute atomic E-state index is 0.543. The highest BCUT2D eigenvalue weighted by atomic mass is 35.5. The minimum Gasteiger partial charge on any atom is -0.381 e. The molecule has 0 heterocycles. The molecule has 1 fully saturated rings. The molecule has 1 aromatic rings. The van der Waals surface area contributed by atoms with Gasteiger partial charge in [-0.1, -0.05) is 36.2 Å². The molecule has 82 valence electrons. The van der Waals surface area contributed by atoms with E-state index in [9.17, 15) is 0 Å². The third kappa shape index (κ3) is 2.59. The second-order valence-corrected chi connectivity index (χ2v) is 4.88. The Morgan fingerprint density at radius 2 is 2.13 bits per heavy atom. The first kappa shape index (κ1) is 11.1. The molecular weight excluding hydrogens is 229 g/mol. The highest BCUT2D eigenvalue weighted by molar-refractivity contribution is 6.43. The average Bonchev–Trinajstić information content (AvgIpc) is 3.04. The SMILES string of the molecule is CCC(Nc1cccc(Cl)c1Cl)C1CC1. The van der Waals surface area contributed by atoms with Crippen LogP contribution in [-0.2, 0) is 0 Å². The Balaban J connectivity index is 2.11. The van der Waals surface area contributed by atoms with E-state index < -0.39 is 0 Å². The van der Waals surface area contributed by atoms with Crippen molar-refractivity contribution < 1.29 is 0 Å². The van der Waals surface area contributed by atoms with Crippen molar-refractivity contribution in [2.45, 2.75) is 32.2 Å². The van der Waals surface area contributed by atoms with Crippen LogP contribution in [0.1, 0.15) is 26.2 Å². The van der Waals surface area contributed by atoms with Crippen molar-refractivity contribution in [2.75, 3.05) is 5.32 Å². The van der Waals surface area contributed by atoms with E-state index in [2.05, 4.69) is 12.2 Å². The molecule has 0 bridgehead atoms. The largest absolute Gasteiger partial charge is 0.381 e. The summed E-state index contributed by atoms with van der Waals surface area (Å²) in [7, 11) is 0. The van der Waals surface area contributed by atoms with Gasteiger partial charge in [-0.2, -0.15) is 0 Å². The molecule has 1 saturated carbocycles. The average molecular weight is 244 g/mol. The van der Waals surface area contributed by atoms with Crippen LogP contribution in [0.3, 0.4) is 0 Å². The molecule has 0 spiro atoms. The molecule has 1 atom stereocenters.